The summed E-state index contributed by atoms with van der Waals surface area (Å²) in [6, 6.07) is 3.55. The van der Waals surface area contributed by atoms with E-state index in [0.29, 0.717) is 18.4 Å². The van der Waals surface area contributed by atoms with Crippen LogP contribution in [0.3, 0.4) is 0 Å². The van der Waals surface area contributed by atoms with Crippen LogP contribution in [0.4, 0.5) is 8.78 Å². The topological polar surface area (TPSA) is 20.2 Å². The summed E-state index contributed by atoms with van der Waals surface area (Å²) in [5, 5.41) is 9.82. The standard InChI is InChI=1S/C14H20F2O/c1-14(2,3)13(17)6-4-5-10-7-11(15)9-12(16)8-10/h7-9,13,17H,4-6H2,1-3H3. The van der Waals surface area contributed by atoms with E-state index in [-0.39, 0.29) is 11.5 Å². The molecule has 1 nitrogen and oxygen atoms in total. The molecule has 0 aliphatic heterocycles. The second-order valence-electron chi connectivity index (χ2n) is 5.55. The van der Waals surface area contributed by atoms with E-state index in [4.69, 9.17) is 0 Å². The number of halogens is 2. The summed E-state index contributed by atoms with van der Waals surface area (Å²) in [6.07, 6.45) is 1.56. The zero-order chi connectivity index (χ0) is 13.1. The summed E-state index contributed by atoms with van der Waals surface area (Å²) >= 11 is 0. The van der Waals surface area contributed by atoms with Crippen LogP contribution in [0.15, 0.2) is 18.2 Å². The quantitative estimate of drug-likeness (QED) is 0.853. The highest BCUT2D eigenvalue weighted by Gasteiger charge is 2.21. The SMILES string of the molecule is CC(C)(C)C(O)CCCc1cc(F)cc(F)c1. The van der Waals surface area contributed by atoms with Crippen LogP contribution < -0.4 is 0 Å². The van der Waals surface area contributed by atoms with E-state index in [1.54, 1.807) is 0 Å². The van der Waals surface area contributed by atoms with Crippen LogP contribution in [-0.2, 0) is 6.42 Å². The van der Waals surface area contributed by atoms with Gasteiger partial charge < -0.3 is 5.11 Å². The lowest BCUT2D eigenvalue weighted by Gasteiger charge is -2.25. The summed E-state index contributed by atoms with van der Waals surface area (Å²) in [5.41, 5.74) is 0.497. The summed E-state index contributed by atoms with van der Waals surface area (Å²) in [5.74, 6) is -1.09. The van der Waals surface area contributed by atoms with Gasteiger partial charge in [0.25, 0.3) is 0 Å². The van der Waals surface area contributed by atoms with Crippen molar-refractivity contribution in [3.8, 4) is 0 Å². The van der Waals surface area contributed by atoms with Crippen LogP contribution in [0.25, 0.3) is 0 Å². The molecule has 0 heterocycles. The highest BCUT2D eigenvalue weighted by molar-refractivity contribution is 5.17. The molecule has 1 N–H and O–H groups in total. The maximum absolute atomic E-state index is 12.9. The summed E-state index contributed by atoms with van der Waals surface area (Å²) in [7, 11) is 0. The van der Waals surface area contributed by atoms with Gasteiger partial charge in [0.1, 0.15) is 11.6 Å². The third kappa shape index (κ3) is 4.82. The monoisotopic (exact) mass is 242 g/mol. The molecule has 17 heavy (non-hydrogen) atoms. The predicted octanol–water partition coefficient (Wildman–Crippen LogP) is 3.69. The fraction of sp³-hybridized carbons (Fsp3) is 0.571. The molecular weight excluding hydrogens is 222 g/mol. The van der Waals surface area contributed by atoms with Crippen molar-refractivity contribution in [2.45, 2.75) is 46.1 Å². The van der Waals surface area contributed by atoms with Crippen molar-refractivity contribution in [1.29, 1.82) is 0 Å². The molecule has 0 saturated carbocycles. The zero-order valence-electron chi connectivity index (χ0n) is 10.6. The maximum Gasteiger partial charge on any atom is 0.126 e. The number of benzene rings is 1. The number of aliphatic hydroxyl groups excluding tert-OH is 1. The van der Waals surface area contributed by atoms with E-state index in [0.717, 1.165) is 12.5 Å². The van der Waals surface area contributed by atoms with Crippen LogP contribution >= 0.6 is 0 Å². The highest BCUT2D eigenvalue weighted by atomic mass is 19.1. The molecule has 1 atom stereocenters. The van der Waals surface area contributed by atoms with E-state index in [9.17, 15) is 13.9 Å². The molecule has 3 heteroatoms. The van der Waals surface area contributed by atoms with Gasteiger partial charge in [-0.1, -0.05) is 20.8 Å². The Morgan fingerprint density at radius 1 is 1.12 bits per heavy atom. The predicted molar refractivity (Wildman–Crippen MR) is 64.8 cm³/mol. The Labute approximate surface area is 101 Å². The molecule has 0 aliphatic carbocycles. The Morgan fingerprint density at radius 3 is 2.12 bits per heavy atom. The maximum atomic E-state index is 12.9. The number of rotatable bonds is 4. The molecule has 96 valence electrons. The van der Waals surface area contributed by atoms with Crippen LogP contribution in [0, 0.1) is 17.0 Å². The second kappa shape index (κ2) is 5.58. The van der Waals surface area contributed by atoms with Crippen molar-refractivity contribution in [2.24, 2.45) is 5.41 Å². The molecule has 1 aromatic carbocycles. The zero-order valence-corrected chi connectivity index (χ0v) is 10.6. The average Bonchev–Trinajstić information content (AvgIpc) is 2.14. The van der Waals surface area contributed by atoms with E-state index >= 15 is 0 Å². The minimum atomic E-state index is -0.545. The van der Waals surface area contributed by atoms with Crippen molar-refractivity contribution >= 4 is 0 Å². The van der Waals surface area contributed by atoms with Crippen LogP contribution in [0.1, 0.15) is 39.2 Å². The van der Waals surface area contributed by atoms with Crippen molar-refractivity contribution in [1.82, 2.24) is 0 Å². The lowest BCUT2D eigenvalue weighted by atomic mass is 9.86. The van der Waals surface area contributed by atoms with E-state index in [2.05, 4.69) is 0 Å². The second-order valence-corrected chi connectivity index (χ2v) is 5.55. The molecule has 0 bridgehead atoms. The summed E-state index contributed by atoms with van der Waals surface area (Å²) in [6.45, 7) is 5.92. The van der Waals surface area contributed by atoms with Gasteiger partial charge in [-0.3, -0.25) is 0 Å². The number of aliphatic hydroxyl groups is 1. The van der Waals surface area contributed by atoms with Gasteiger partial charge in [0.05, 0.1) is 6.10 Å². The Balaban J connectivity index is 2.46. The molecule has 0 amide bonds. The van der Waals surface area contributed by atoms with Gasteiger partial charge >= 0.3 is 0 Å². The molecule has 1 rings (SSSR count). The van der Waals surface area contributed by atoms with Crippen molar-refractivity contribution in [3.63, 3.8) is 0 Å². The molecule has 0 spiro atoms. The Hall–Kier alpha value is -0.960. The van der Waals surface area contributed by atoms with Crippen molar-refractivity contribution < 1.29 is 13.9 Å². The number of hydrogen-bond donors (Lipinski definition) is 1. The van der Waals surface area contributed by atoms with Crippen LogP contribution in [0.5, 0.6) is 0 Å². The molecule has 1 unspecified atom stereocenters. The smallest absolute Gasteiger partial charge is 0.126 e. The van der Waals surface area contributed by atoms with Crippen molar-refractivity contribution in [3.05, 3.63) is 35.4 Å². The highest BCUT2D eigenvalue weighted by Crippen LogP contribution is 2.23. The van der Waals surface area contributed by atoms with E-state index < -0.39 is 11.6 Å². The number of hydrogen-bond acceptors (Lipinski definition) is 1. The van der Waals surface area contributed by atoms with Crippen LogP contribution in [0.2, 0.25) is 0 Å². The largest absolute Gasteiger partial charge is 0.393 e. The minimum Gasteiger partial charge on any atom is -0.393 e. The average molecular weight is 242 g/mol. The van der Waals surface area contributed by atoms with Gasteiger partial charge in [0.2, 0.25) is 0 Å². The minimum absolute atomic E-state index is 0.146. The summed E-state index contributed by atoms with van der Waals surface area (Å²) < 4.78 is 25.8. The molecule has 0 aliphatic rings. The fourth-order valence-electron chi connectivity index (χ4n) is 1.69. The first-order valence-electron chi connectivity index (χ1n) is 5.92. The van der Waals surface area contributed by atoms with Gasteiger partial charge in [-0.15, -0.1) is 0 Å². The lowest BCUT2D eigenvalue weighted by molar-refractivity contribution is 0.0540. The van der Waals surface area contributed by atoms with Gasteiger partial charge in [0, 0.05) is 6.07 Å². The van der Waals surface area contributed by atoms with Gasteiger partial charge in [0.15, 0.2) is 0 Å². The molecule has 0 radical (unpaired) electrons. The number of aryl methyl sites for hydroxylation is 1. The third-order valence-corrected chi connectivity index (χ3v) is 2.87. The van der Waals surface area contributed by atoms with Gasteiger partial charge in [-0.05, 0) is 42.4 Å². The molecule has 0 saturated heterocycles. The first-order valence-corrected chi connectivity index (χ1v) is 5.92. The van der Waals surface area contributed by atoms with E-state index in [1.165, 1.54) is 12.1 Å². The normalized spacial score (nSPS) is 13.8. The van der Waals surface area contributed by atoms with Gasteiger partial charge in [-0.2, -0.15) is 0 Å². The first kappa shape index (κ1) is 14.1. The van der Waals surface area contributed by atoms with Crippen molar-refractivity contribution in [2.75, 3.05) is 0 Å². The molecule has 1 aromatic rings. The molecule has 0 fully saturated rings. The lowest BCUT2D eigenvalue weighted by Crippen LogP contribution is -2.25. The molecule has 0 aromatic heterocycles. The Morgan fingerprint density at radius 2 is 1.65 bits per heavy atom. The Kier molecular flexibility index (Phi) is 4.63. The Bertz CT molecular complexity index is 349. The van der Waals surface area contributed by atoms with E-state index in [1.807, 2.05) is 20.8 Å². The summed E-state index contributed by atoms with van der Waals surface area (Å²) in [4.78, 5) is 0. The first-order chi connectivity index (χ1) is 7.79. The fourth-order valence-corrected chi connectivity index (χ4v) is 1.69. The van der Waals surface area contributed by atoms with Crippen LogP contribution in [-0.4, -0.2) is 11.2 Å². The molecular formula is C14H20F2O. The third-order valence-electron chi connectivity index (χ3n) is 2.87. The van der Waals surface area contributed by atoms with Gasteiger partial charge in [-0.25, -0.2) is 8.78 Å².